The minimum atomic E-state index is -3.73. The van der Waals surface area contributed by atoms with Crippen LogP contribution in [-0.4, -0.2) is 32.5 Å². The summed E-state index contributed by atoms with van der Waals surface area (Å²) in [7, 11) is -2.39. The first-order valence-electron chi connectivity index (χ1n) is 6.98. The molecule has 2 aromatic carbocycles. The molecule has 0 bridgehead atoms. The molecule has 1 aliphatic heterocycles. The van der Waals surface area contributed by atoms with Gasteiger partial charge in [-0.15, -0.1) is 4.40 Å². The number of amidine groups is 1. The van der Waals surface area contributed by atoms with Gasteiger partial charge in [0.15, 0.2) is 11.6 Å². The third kappa shape index (κ3) is 3.19. The van der Waals surface area contributed by atoms with E-state index in [0.29, 0.717) is 11.1 Å². The number of fused-ring (bicyclic) bond motifs is 1. The number of methoxy groups -OCH3 is 1. The van der Waals surface area contributed by atoms with Gasteiger partial charge < -0.3 is 4.74 Å². The molecule has 0 fully saturated rings. The highest BCUT2D eigenvalue weighted by Gasteiger charge is 2.28. The first-order chi connectivity index (χ1) is 11.9. The minimum Gasteiger partial charge on any atom is -0.490 e. The fourth-order valence-electron chi connectivity index (χ4n) is 2.28. The maximum Gasteiger partial charge on any atom is 0.311 e. The quantitative estimate of drug-likeness (QED) is 0.502. The Labute approximate surface area is 142 Å². The van der Waals surface area contributed by atoms with Crippen molar-refractivity contribution in [2.75, 3.05) is 7.11 Å². The zero-order chi connectivity index (χ0) is 18.0. The summed E-state index contributed by atoms with van der Waals surface area (Å²) in [5, 5.41) is 14.9. The zero-order valence-corrected chi connectivity index (χ0v) is 13.7. The van der Waals surface area contributed by atoms with E-state index in [2.05, 4.69) is 14.9 Å². The maximum absolute atomic E-state index is 11.9. The van der Waals surface area contributed by atoms with E-state index in [1.54, 1.807) is 24.3 Å². The third-order valence-corrected chi connectivity index (χ3v) is 4.75. The van der Waals surface area contributed by atoms with Gasteiger partial charge in [0.25, 0.3) is 10.0 Å². The third-order valence-electron chi connectivity index (χ3n) is 3.42. The van der Waals surface area contributed by atoms with Gasteiger partial charge in [-0.1, -0.05) is 12.1 Å². The first-order valence-corrected chi connectivity index (χ1v) is 8.42. The largest absolute Gasteiger partial charge is 0.490 e. The summed E-state index contributed by atoms with van der Waals surface area (Å²) in [6.07, 6.45) is 1.32. The van der Waals surface area contributed by atoms with Crippen molar-refractivity contribution in [3.63, 3.8) is 0 Å². The van der Waals surface area contributed by atoms with Crippen molar-refractivity contribution in [1.29, 1.82) is 0 Å². The number of sulfonamides is 1. The molecule has 0 aromatic heterocycles. The monoisotopic (exact) mass is 360 g/mol. The molecule has 3 rings (SSSR count). The highest BCUT2D eigenvalue weighted by molar-refractivity contribution is 7.90. The van der Waals surface area contributed by atoms with Crippen LogP contribution in [0.1, 0.15) is 11.1 Å². The average molecular weight is 360 g/mol. The van der Waals surface area contributed by atoms with Gasteiger partial charge in [-0.25, -0.2) is 0 Å². The molecule has 9 nitrogen and oxygen atoms in total. The van der Waals surface area contributed by atoms with E-state index in [1.165, 1.54) is 31.5 Å². The van der Waals surface area contributed by atoms with Gasteiger partial charge in [0.05, 0.1) is 18.2 Å². The van der Waals surface area contributed by atoms with Crippen LogP contribution in [-0.2, 0) is 10.0 Å². The zero-order valence-electron chi connectivity index (χ0n) is 12.9. The fourth-order valence-corrected chi connectivity index (χ4v) is 3.46. The fraction of sp³-hybridized carbons (Fsp3) is 0.0667. The molecule has 25 heavy (non-hydrogen) atoms. The number of hydrogen-bond acceptors (Lipinski definition) is 7. The van der Waals surface area contributed by atoms with Crippen molar-refractivity contribution in [3.05, 3.63) is 63.7 Å². The van der Waals surface area contributed by atoms with Crippen molar-refractivity contribution in [2.24, 2.45) is 9.50 Å². The predicted molar refractivity (Wildman–Crippen MR) is 90.5 cm³/mol. The lowest BCUT2D eigenvalue weighted by Crippen LogP contribution is -2.17. The topological polar surface area (TPSA) is 123 Å². The van der Waals surface area contributed by atoms with Crippen molar-refractivity contribution in [2.45, 2.75) is 4.90 Å². The molecule has 1 heterocycles. The molecule has 0 spiro atoms. The van der Waals surface area contributed by atoms with Crippen molar-refractivity contribution in [3.8, 4) is 5.75 Å². The van der Waals surface area contributed by atoms with Crippen LogP contribution in [0.2, 0.25) is 0 Å². The molecule has 0 atom stereocenters. The smallest absolute Gasteiger partial charge is 0.311 e. The summed E-state index contributed by atoms with van der Waals surface area (Å²) in [4.78, 5) is 10.5. The van der Waals surface area contributed by atoms with Crippen molar-refractivity contribution in [1.82, 2.24) is 5.43 Å². The number of rotatable bonds is 4. The van der Waals surface area contributed by atoms with Crippen LogP contribution in [0.3, 0.4) is 0 Å². The average Bonchev–Trinajstić information content (AvgIpc) is 2.86. The highest BCUT2D eigenvalue weighted by Crippen LogP contribution is 2.27. The van der Waals surface area contributed by atoms with Crippen LogP contribution in [0.25, 0.3) is 0 Å². The summed E-state index contributed by atoms with van der Waals surface area (Å²) < 4.78 is 32.4. The van der Waals surface area contributed by atoms with Gasteiger partial charge in [-0.2, -0.15) is 13.5 Å². The number of nitro groups is 1. The Bertz CT molecular complexity index is 1010. The lowest BCUT2D eigenvalue weighted by atomic mass is 10.2. The second kappa shape index (κ2) is 6.32. The van der Waals surface area contributed by atoms with Gasteiger partial charge in [-0.05, 0) is 24.3 Å². The molecule has 1 N–H and O–H groups in total. The Morgan fingerprint density at radius 1 is 1.28 bits per heavy atom. The van der Waals surface area contributed by atoms with E-state index in [1.807, 2.05) is 0 Å². The van der Waals surface area contributed by atoms with E-state index in [0.717, 1.165) is 0 Å². The summed E-state index contributed by atoms with van der Waals surface area (Å²) in [5.74, 6) is 0.227. The van der Waals surface area contributed by atoms with E-state index >= 15 is 0 Å². The second-order valence-electron chi connectivity index (χ2n) is 4.97. The molecule has 0 saturated carbocycles. The van der Waals surface area contributed by atoms with Gasteiger partial charge in [0.1, 0.15) is 4.90 Å². The standard InChI is InChI=1S/C15H12N4O5S/c1-24-13-7-6-10(8-12(13)19(20)21)9-16-17-15-11-4-2-3-5-14(11)25(22,23)18-15/h2-9H,1H3,(H,17,18)/b16-9-. The molecular weight excluding hydrogens is 348 g/mol. The highest BCUT2D eigenvalue weighted by atomic mass is 32.2. The van der Waals surface area contributed by atoms with Crippen LogP contribution >= 0.6 is 0 Å². The number of ether oxygens (including phenoxy) is 1. The van der Waals surface area contributed by atoms with Crippen LogP contribution in [0.5, 0.6) is 5.75 Å². The molecule has 0 radical (unpaired) electrons. The number of benzene rings is 2. The number of nitro benzene ring substituents is 1. The molecule has 0 aliphatic carbocycles. The van der Waals surface area contributed by atoms with Gasteiger partial charge in [0, 0.05) is 17.2 Å². The minimum absolute atomic E-state index is 0.0925. The van der Waals surface area contributed by atoms with E-state index in [-0.39, 0.29) is 22.2 Å². The number of hydrazone groups is 1. The predicted octanol–water partition coefficient (Wildman–Crippen LogP) is 1.68. The van der Waals surface area contributed by atoms with Crippen LogP contribution in [0.15, 0.2) is 56.9 Å². The summed E-state index contributed by atoms with van der Waals surface area (Å²) in [6.45, 7) is 0. The van der Waals surface area contributed by atoms with Crippen LogP contribution in [0, 0.1) is 10.1 Å². The van der Waals surface area contributed by atoms with Gasteiger partial charge in [0.2, 0.25) is 0 Å². The molecule has 0 saturated heterocycles. The SMILES string of the molecule is COc1ccc(/C=N\NC2=NS(=O)(=O)c3ccccc32)cc1[N+](=O)[O-]. The first kappa shape index (κ1) is 16.6. The molecule has 10 heteroatoms. The van der Waals surface area contributed by atoms with Gasteiger partial charge in [-0.3, -0.25) is 15.5 Å². The van der Waals surface area contributed by atoms with Crippen LogP contribution < -0.4 is 10.2 Å². The lowest BCUT2D eigenvalue weighted by molar-refractivity contribution is -0.385. The van der Waals surface area contributed by atoms with Gasteiger partial charge >= 0.3 is 5.69 Å². The second-order valence-corrected chi connectivity index (χ2v) is 6.54. The number of nitrogens with zero attached hydrogens (tertiary/aromatic N) is 3. The number of nitrogens with one attached hydrogen (secondary N) is 1. The molecule has 128 valence electrons. The summed E-state index contributed by atoms with van der Waals surface area (Å²) in [6, 6.07) is 10.7. The normalized spacial score (nSPS) is 14.8. The molecule has 2 aromatic rings. The molecule has 0 amide bonds. The molecule has 1 aliphatic rings. The van der Waals surface area contributed by atoms with Crippen LogP contribution in [0.4, 0.5) is 5.69 Å². The molecule has 0 unspecified atom stereocenters. The Morgan fingerprint density at radius 3 is 2.76 bits per heavy atom. The maximum atomic E-state index is 11.9. The Hall–Kier alpha value is -3.27. The Balaban J connectivity index is 1.83. The van der Waals surface area contributed by atoms with E-state index in [9.17, 15) is 18.5 Å². The van der Waals surface area contributed by atoms with E-state index in [4.69, 9.17) is 4.74 Å². The Morgan fingerprint density at radius 2 is 2.04 bits per heavy atom. The Kier molecular flexibility index (Phi) is 4.19. The molecular formula is C15H12N4O5S. The number of hydrogen-bond donors (Lipinski definition) is 1. The summed E-state index contributed by atoms with van der Waals surface area (Å²) >= 11 is 0. The summed E-state index contributed by atoms with van der Waals surface area (Å²) in [5.41, 5.74) is 3.22. The lowest BCUT2D eigenvalue weighted by Gasteiger charge is -2.02. The van der Waals surface area contributed by atoms with Crippen molar-refractivity contribution >= 4 is 27.8 Å². The van der Waals surface area contributed by atoms with E-state index < -0.39 is 14.9 Å². The van der Waals surface area contributed by atoms with Crippen molar-refractivity contribution < 1.29 is 18.1 Å².